The van der Waals surface area contributed by atoms with Crippen molar-refractivity contribution in [3.05, 3.63) is 95.6 Å². The summed E-state index contributed by atoms with van der Waals surface area (Å²) in [6.07, 6.45) is -9.56. The Labute approximate surface area is 212 Å². The van der Waals surface area contributed by atoms with Gasteiger partial charge in [-0.1, -0.05) is 18.2 Å². The molecule has 11 heteroatoms. The summed E-state index contributed by atoms with van der Waals surface area (Å²) in [6.45, 7) is -0.823. The van der Waals surface area contributed by atoms with E-state index in [9.17, 15) is 30.7 Å². The Morgan fingerprint density at radius 1 is 0.605 bits per heavy atom. The Bertz CT molecular complexity index is 1470. The predicted octanol–water partition coefficient (Wildman–Crippen LogP) is 8.61. The Hall–Kier alpha value is -4.41. The van der Waals surface area contributed by atoms with Crippen molar-refractivity contribution < 1.29 is 40.2 Å². The van der Waals surface area contributed by atoms with Crippen LogP contribution in [0.4, 0.5) is 42.1 Å². The van der Waals surface area contributed by atoms with Crippen LogP contribution >= 0.6 is 0 Å². The normalized spacial score (nSPS) is 11.9. The summed E-state index contributed by atoms with van der Waals surface area (Å²) >= 11 is 0. The molecule has 4 aromatic carbocycles. The summed E-state index contributed by atoms with van der Waals surface area (Å²) < 4.78 is 106. The molecule has 0 aliphatic carbocycles. The van der Waals surface area contributed by atoms with E-state index in [-0.39, 0.29) is 34.0 Å². The van der Waals surface area contributed by atoms with Crippen LogP contribution in [-0.4, -0.2) is 0 Å². The van der Waals surface area contributed by atoms with Crippen LogP contribution in [0.15, 0.2) is 78.9 Å². The number of ether oxygens (including phenoxy) is 2. The van der Waals surface area contributed by atoms with E-state index in [0.29, 0.717) is 5.56 Å². The van der Waals surface area contributed by atoms with Gasteiger partial charge in [0.05, 0.1) is 0 Å². The molecule has 4 rings (SSSR count). The molecule has 0 bridgehead atoms. The lowest BCUT2D eigenvalue weighted by Gasteiger charge is -2.18. The molecule has 198 valence electrons. The summed E-state index contributed by atoms with van der Waals surface area (Å²) in [7, 11) is 0. The lowest BCUT2D eigenvalue weighted by Crippen LogP contribution is -2.08. The van der Waals surface area contributed by atoms with Crippen LogP contribution < -0.4 is 20.9 Å². The second kappa shape index (κ2) is 10.2. The number of halogens is 7. The van der Waals surface area contributed by atoms with E-state index in [1.165, 1.54) is 48.5 Å². The lowest BCUT2D eigenvalue weighted by molar-refractivity contribution is -0.139. The number of nitrogen functional groups attached to an aromatic ring is 2. The zero-order valence-electron chi connectivity index (χ0n) is 19.3. The van der Waals surface area contributed by atoms with Crippen molar-refractivity contribution in [2.24, 2.45) is 0 Å². The maximum atomic E-state index is 13.6. The van der Waals surface area contributed by atoms with E-state index in [0.717, 1.165) is 24.3 Å². The van der Waals surface area contributed by atoms with E-state index in [1.807, 2.05) is 0 Å². The zero-order valence-corrected chi connectivity index (χ0v) is 19.3. The van der Waals surface area contributed by atoms with Crippen LogP contribution in [0.25, 0.3) is 11.1 Å². The summed E-state index contributed by atoms with van der Waals surface area (Å²) in [5.41, 5.74) is 9.26. The van der Waals surface area contributed by atoms with Crippen LogP contribution in [0.3, 0.4) is 0 Å². The summed E-state index contributed by atoms with van der Waals surface area (Å²) in [4.78, 5) is 0. The van der Waals surface area contributed by atoms with Gasteiger partial charge in [0.25, 0.3) is 0 Å². The second-order valence-electron chi connectivity index (χ2n) is 8.20. The number of hydrogen-bond acceptors (Lipinski definition) is 4. The SMILES string of the molecule is Nc1ccc(Oc2ccc(Oc3ccc(N)cc3C(F)(F)F)c(-c3cccc(CF)c3)c2)c(C(F)(F)F)c1. The molecule has 0 aromatic heterocycles. The summed E-state index contributed by atoms with van der Waals surface area (Å²) in [6, 6.07) is 15.8. The first-order valence-electron chi connectivity index (χ1n) is 10.9. The van der Waals surface area contributed by atoms with Crippen LogP contribution in [0.1, 0.15) is 16.7 Å². The highest BCUT2D eigenvalue weighted by molar-refractivity contribution is 5.73. The van der Waals surface area contributed by atoms with Crippen molar-refractivity contribution in [2.75, 3.05) is 11.5 Å². The molecule has 4 N–H and O–H groups in total. The molecule has 0 unspecified atom stereocenters. The van der Waals surface area contributed by atoms with Gasteiger partial charge in [-0.15, -0.1) is 0 Å². The Balaban J connectivity index is 1.82. The van der Waals surface area contributed by atoms with Gasteiger partial charge in [0.1, 0.15) is 40.8 Å². The zero-order chi connectivity index (χ0) is 27.7. The fraction of sp³-hybridized carbons (Fsp3) is 0.111. The molecule has 4 aromatic rings. The topological polar surface area (TPSA) is 70.5 Å². The Morgan fingerprint density at radius 2 is 1.16 bits per heavy atom. The van der Waals surface area contributed by atoms with Crippen LogP contribution in [0, 0.1) is 0 Å². The quantitative estimate of drug-likeness (QED) is 0.191. The first-order chi connectivity index (χ1) is 17.8. The minimum absolute atomic E-state index is 0.0818. The molecule has 0 fully saturated rings. The van der Waals surface area contributed by atoms with Crippen molar-refractivity contribution in [2.45, 2.75) is 19.0 Å². The van der Waals surface area contributed by atoms with E-state index in [2.05, 4.69) is 0 Å². The molecular weight excluding hydrogens is 517 g/mol. The molecule has 38 heavy (non-hydrogen) atoms. The molecule has 0 amide bonds. The van der Waals surface area contributed by atoms with Crippen LogP contribution in [0.2, 0.25) is 0 Å². The summed E-state index contributed by atoms with van der Waals surface area (Å²) in [5.74, 6) is -1.26. The highest BCUT2D eigenvalue weighted by Gasteiger charge is 2.36. The van der Waals surface area contributed by atoms with Crippen molar-refractivity contribution in [3.8, 4) is 34.1 Å². The van der Waals surface area contributed by atoms with E-state index in [4.69, 9.17) is 20.9 Å². The molecule has 0 radical (unpaired) electrons. The van der Waals surface area contributed by atoms with Gasteiger partial charge in [0, 0.05) is 16.9 Å². The van der Waals surface area contributed by atoms with E-state index >= 15 is 0 Å². The van der Waals surface area contributed by atoms with Gasteiger partial charge in [-0.2, -0.15) is 26.3 Å². The number of anilines is 2. The molecule has 0 spiro atoms. The summed E-state index contributed by atoms with van der Waals surface area (Å²) in [5, 5.41) is 0. The highest BCUT2D eigenvalue weighted by Crippen LogP contribution is 2.44. The van der Waals surface area contributed by atoms with Gasteiger partial charge in [-0.3, -0.25) is 0 Å². The molecule has 0 aliphatic heterocycles. The predicted molar refractivity (Wildman–Crippen MR) is 129 cm³/mol. The third-order valence-corrected chi connectivity index (χ3v) is 5.41. The lowest BCUT2D eigenvalue weighted by atomic mass is 10.0. The largest absolute Gasteiger partial charge is 0.457 e. The van der Waals surface area contributed by atoms with Gasteiger partial charge < -0.3 is 20.9 Å². The van der Waals surface area contributed by atoms with Crippen molar-refractivity contribution in [3.63, 3.8) is 0 Å². The molecule has 0 atom stereocenters. The number of benzene rings is 4. The number of hydrogen-bond donors (Lipinski definition) is 2. The van der Waals surface area contributed by atoms with Gasteiger partial charge in [-0.25, -0.2) is 4.39 Å². The van der Waals surface area contributed by atoms with Crippen molar-refractivity contribution in [1.82, 2.24) is 0 Å². The molecule has 0 saturated carbocycles. The third kappa shape index (κ3) is 5.93. The van der Waals surface area contributed by atoms with Crippen molar-refractivity contribution >= 4 is 11.4 Å². The molecule has 0 aliphatic rings. The average molecular weight is 536 g/mol. The average Bonchev–Trinajstić information content (AvgIpc) is 2.85. The fourth-order valence-electron chi connectivity index (χ4n) is 3.67. The van der Waals surface area contributed by atoms with E-state index < -0.39 is 41.7 Å². The fourth-order valence-corrected chi connectivity index (χ4v) is 3.67. The molecule has 0 heterocycles. The number of nitrogens with two attached hydrogens (primary N) is 2. The maximum absolute atomic E-state index is 13.6. The molecule has 0 saturated heterocycles. The molecule has 4 nitrogen and oxygen atoms in total. The Kier molecular flexibility index (Phi) is 7.12. The highest BCUT2D eigenvalue weighted by atomic mass is 19.4. The van der Waals surface area contributed by atoms with Gasteiger partial charge in [0.2, 0.25) is 0 Å². The monoisotopic (exact) mass is 536 g/mol. The van der Waals surface area contributed by atoms with Crippen LogP contribution in [-0.2, 0) is 19.0 Å². The molecular formula is C27H19F7N2O2. The van der Waals surface area contributed by atoms with Gasteiger partial charge in [-0.05, 0) is 71.8 Å². The first kappa shape index (κ1) is 26.6. The minimum atomic E-state index is -4.79. The van der Waals surface area contributed by atoms with Crippen molar-refractivity contribution in [1.29, 1.82) is 0 Å². The smallest absolute Gasteiger partial charge is 0.420 e. The Morgan fingerprint density at radius 3 is 1.71 bits per heavy atom. The van der Waals surface area contributed by atoms with Gasteiger partial charge >= 0.3 is 12.4 Å². The van der Waals surface area contributed by atoms with E-state index in [1.54, 1.807) is 6.07 Å². The first-order valence-corrected chi connectivity index (χ1v) is 10.9. The van der Waals surface area contributed by atoms with Gasteiger partial charge in [0.15, 0.2) is 0 Å². The number of rotatable bonds is 6. The standard InChI is InChI=1S/C27H19F7N2O2/c28-14-15-2-1-3-16(10-15)20-13-19(37-24-7-4-17(35)11-21(24)26(29,30)31)6-9-23(20)38-25-8-5-18(36)12-22(25)27(32,33)34/h1-13H,14,35-36H2. The third-order valence-electron chi connectivity index (χ3n) is 5.41. The second-order valence-corrected chi connectivity index (χ2v) is 8.20. The number of alkyl halides is 7. The van der Waals surface area contributed by atoms with Crippen LogP contribution in [0.5, 0.6) is 23.0 Å². The maximum Gasteiger partial charge on any atom is 0.420 e. The minimum Gasteiger partial charge on any atom is -0.457 e.